The fourth-order valence-corrected chi connectivity index (χ4v) is 3.19. The predicted molar refractivity (Wildman–Crippen MR) is 64.3 cm³/mol. The predicted octanol–water partition coefficient (Wildman–Crippen LogP) is 3.34. The van der Waals surface area contributed by atoms with E-state index in [2.05, 4.69) is 27.7 Å². The molecule has 1 aliphatic carbocycles. The van der Waals surface area contributed by atoms with E-state index < -0.39 is 0 Å². The Morgan fingerprint density at radius 2 is 1.88 bits per heavy atom. The van der Waals surface area contributed by atoms with Gasteiger partial charge in [-0.25, -0.2) is 0 Å². The van der Waals surface area contributed by atoms with Crippen molar-refractivity contribution in [3.05, 3.63) is 0 Å². The molecule has 16 heavy (non-hydrogen) atoms. The molecule has 2 nitrogen and oxygen atoms in total. The van der Waals surface area contributed by atoms with Gasteiger partial charge in [-0.3, -0.25) is 4.79 Å². The standard InChI is InChI=1S/C14H24O2/c1-13(2)9-11(14(3,4)16-13)12(15)8-10-6-5-7-10/h10-11H,5-9H2,1-4H3. The van der Waals surface area contributed by atoms with Crippen molar-refractivity contribution in [3.63, 3.8) is 0 Å². The van der Waals surface area contributed by atoms with E-state index in [1.807, 2.05) is 0 Å². The van der Waals surface area contributed by atoms with E-state index >= 15 is 0 Å². The zero-order chi connectivity index (χ0) is 12.0. The van der Waals surface area contributed by atoms with Crippen LogP contribution < -0.4 is 0 Å². The Bertz CT molecular complexity index is 287. The third-order valence-corrected chi connectivity index (χ3v) is 4.18. The molecule has 1 saturated heterocycles. The monoisotopic (exact) mass is 224 g/mol. The molecule has 0 aromatic heterocycles. The largest absolute Gasteiger partial charge is 0.369 e. The van der Waals surface area contributed by atoms with Crippen molar-refractivity contribution in [1.29, 1.82) is 0 Å². The molecule has 1 unspecified atom stereocenters. The molecule has 1 atom stereocenters. The molecular weight excluding hydrogens is 200 g/mol. The highest BCUT2D eigenvalue weighted by Crippen LogP contribution is 2.44. The van der Waals surface area contributed by atoms with E-state index in [9.17, 15) is 4.79 Å². The third-order valence-electron chi connectivity index (χ3n) is 4.18. The molecule has 0 aromatic rings. The van der Waals surface area contributed by atoms with Crippen molar-refractivity contribution >= 4 is 5.78 Å². The van der Waals surface area contributed by atoms with Crippen LogP contribution in [0.1, 0.15) is 59.8 Å². The van der Waals surface area contributed by atoms with Crippen LogP contribution in [0.15, 0.2) is 0 Å². The fourth-order valence-electron chi connectivity index (χ4n) is 3.19. The van der Waals surface area contributed by atoms with Crippen LogP contribution in [0, 0.1) is 11.8 Å². The summed E-state index contributed by atoms with van der Waals surface area (Å²) in [6.07, 6.45) is 5.49. The Kier molecular flexibility index (Phi) is 2.90. The summed E-state index contributed by atoms with van der Waals surface area (Å²) in [6.45, 7) is 8.30. The summed E-state index contributed by atoms with van der Waals surface area (Å²) in [4.78, 5) is 12.3. The van der Waals surface area contributed by atoms with Gasteiger partial charge in [-0.05, 0) is 40.0 Å². The number of rotatable bonds is 3. The van der Waals surface area contributed by atoms with Gasteiger partial charge >= 0.3 is 0 Å². The van der Waals surface area contributed by atoms with Crippen LogP contribution in [0.25, 0.3) is 0 Å². The second kappa shape index (κ2) is 3.83. The van der Waals surface area contributed by atoms with Crippen molar-refractivity contribution in [2.45, 2.75) is 71.0 Å². The molecule has 2 rings (SSSR count). The van der Waals surface area contributed by atoms with Crippen molar-refractivity contribution in [3.8, 4) is 0 Å². The molecule has 1 heterocycles. The van der Waals surface area contributed by atoms with Gasteiger partial charge in [-0.1, -0.05) is 19.3 Å². The lowest BCUT2D eigenvalue weighted by atomic mass is 9.76. The van der Waals surface area contributed by atoms with Gasteiger partial charge < -0.3 is 4.74 Å². The minimum Gasteiger partial charge on any atom is -0.369 e. The number of carbonyl (C=O) groups is 1. The van der Waals surface area contributed by atoms with Gasteiger partial charge in [0.05, 0.1) is 11.2 Å². The minimum absolute atomic E-state index is 0.100. The van der Waals surface area contributed by atoms with Crippen molar-refractivity contribution < 1.29 is 9.53 Å². The minimum atomic E-state index is -0.273. The molecule has 0 radical (unpaired) electrons. The highest BCUT2D eigenvalue weighted by Gasteiger charge is 2.49. The molecule has 0 spiro atoms. The summed E-state index contributed by atoms with van der Waals surface area (Å²) in [5.74, 6) is 1.20. The summed E-state index contributed by atoms with van der Waals surface area (Å²) in [7, 11) is 0. The lowest BCUT2D eigenvalue weighted by molar-refractivity contribution is -0.130. The Balaban J connectivity index is 1.99. The molecule has 92 valence electrons. The first-order chi connectivity index (χ1) is 7.30. The summed E-state index contributed by atoms with van der Waals surface area (Å²) in [6, 6.07) is 0. The average Bonchev–Trinajstić information content (AvgIpc) is 2.26. The van der Waals surface area contributed by atoms with Gasteiger partial charge in [0.1, 0.15) is 5.78 Å². The number of hydrogen-bond acceptors (Lipinski definition) is 2. The van der Waals surface area contributed by atoms with Gasteiger partial charge in [0, 0.05) is 12.3 Å². The van der Waals surface area contributed by atoms with E-state index in [1.165, 1.54) is 19.3 Å². The first-order valence-corrected chi connectivity index (χ1v) is 6.53. The van der Waals surface area contributed by atoms with E-state index in [4.69, 9.17) is 4.74 Å². The summed E-state index contributed by atoms with van der Waals surface area (Å²) < 4.78 is 5.98. The van der Waals surface area contributed by atoms with Crippen molar-refractivity contribution in [2.75, 3.05) is 0 Å². The molecule has 2 heteroatoms. The lowest BCUT2D eigenvalue weighted by Gasteiger charge is -2.29. The second-order valence-corrected chi connectivity index (χ2v) is 6.69. The van der Waals surface area contributed by atoms with Crippen molar-refractivity contribution in [2.24, 2.45) is 11.8 Å². The van der Waals surface area contributed by atoms with Gasteiger partial charge in [-0.15, -0.1) is 0 Å². The molecule has 0 N–H and O–H groups in total. The lowest BCUT2D eigenvalue weighted by Crippen LogP contribution is -2.35. The quantitative estimate of drug-likeness (QED) is 0.735. The average molecular weight is 224 g/mol. The van der Waals surface area contributed by atoms with Gasteiger partial charge in [0.2, 0.25) is 0 Å². The van der Waals surface area contributed by atoms with Crippen LogP contribution in [0.3, 0.4) is 0 Å². The third kappa shape index (κ3) is 2.32. The van der Waals surface area contributed by atoms with Crippen LogP contribution in [0.4, 0.5) is 0 Å². The highest BCUT2D eigenvalue weighted by atomic mass is 16.5. The molecule has 0 bridgehead atoms. The van der Waals surface area contributed by atoms with Crippen molar-refractivity contribution in [1.82, 2.24) is 0 Å². The SMILES string of the molecule is CC1(C)CC(C(=O)CC2CCC2)C(C)(C)O1. The van der Waals surface area contributed by atoms with Crippen LogP contribution in [-0.2, 0) is 9.53 Å². The molecule has 2 aliphatic rings. The Morgan fingerprint density at radius 3 is 2.25 bits per heavy atom. The number of ether oxygens (including phenoxy) is 1. The molecule has 0 amide bonds. The van der Waals surface area contributed by atoms with Crippen LogP contribution in [0.2, 0.25) is 0 Å². The summed E-state index contributed by atoms with van der Waals surface area (Å²) in [5.41, 5.74) is -0.409. The normalized spacial score (nSPS) is 32.4. The van der Waals surface area contributed by atoms with E-state index in [-0.39, 0.29) is 17.1 Å². The Hall–Kier alpha value is -0.370. The van der Waals surface area contributed by atoms with Crippen LogP contribution in [-0.4, -0.2) is 17.0 Å². The molecular formula is C14H24O2. The number of carbonyl (C=O) groups excluding carboxylic acids is 1. The first kappa shape index (κ1) is 12.1. The molecule has 1 saturated carbocycles. The second-order valence-electron chi connectivity index (χ2n) is 6.69. The smallest absolute Gasteiger partial charge is 0.139 e. The molecule has 2 fully saturated rings. The zero-order valence-corrected chi connectivity index (χ0v) is 11.0. The number of ketones is 1. The highest BCUT2D eigenvalue weighted by molar-refractivity contribution is 5.82. The Labute approximate surface area is 98.7 Å². The zero-order valence-electron chi connectivity index (χ0n) is 11.0. The topological polar surface area (TPSA) is 26.3 Å². The molecule has 0 aromatic carbocycles. The van der Waals surface area contributed by atoms with Crippen LogP contribution >= 0.6 is 0 Å². The van der Waals surface area contributed by atoms with Gasteiger partial charge in [-0.2, -0.15) is 0 Å². The number of Topliss-reactive ketones (excluding diaryl/α,β-unsaturated/α-hetero) is 1. The van der Waals surface area contributed by atoms with E-state index in [0.717, 1.165) is 12.8 Å². The van der Waals surface area contributed by atoms with Gasteiger partial charge in [0.25, 0.3) is 0 Å². The first-order valence-electron chi connectivity index (χ1n) is 6.53. The number of hydrogen-bond donors (Lipinski definition) is 0. The van der Waals surface area contributed by atoms with Crippen LogP contribution in [0.5, 0.6) is 0 Å². The van der Waals surface area contributed by atoms with Gasteiger partial charge in [0.15, 0.2) is 0 Å². The molecule has 1 aliphatic heterocycles. The Morgan fingerprint density at radius 1 is 1.25 bits per heavy atom. The maximum absolute atomic E-state index is 12.3. The maximum Gasteiger partial charge on any atom is 0.139 e. The maximum atomic E-state index is 12.3. The summed E-state index contributed by atoms with van der Waals surface area (Å²) in [5, 5.41) is 0. The fraction of sp³-hybridized carbons (Fsp3) is 0.929. The van der Waals surface area contributed by atoms with E-state index in [1.54, 1.807) is 0 Å². The van der Waals surface area contributed by atoms with E-state index in [0.29, 0.717) is 11.7 Å². The summed E-state index contributed by atoms with van der Waals surface area (Å²) >= 11 is 0.